The second-order valence-electron chi connectivity index (χ2n) is 5.63. The summed E-state index contributed by atoms with van der Waals surface area (Å²) in [6.45, 7) is 0.748. The lowest BCUT2D eigenvalue weighted by Crippen LogP contribution is -2.35. The fourth-order valence-corrected chi connectivity index (χ4v) is 3.26. The number of benzene rings is 1. The van der Waals surface area contributed by atoms with Crippen LogP contribution in [0, 0.1) is 0 Å². The number of anilines is 1. The van der Waals surface area contributed by atoms with E-state index in [2.05, 4.69) is 43.8 Å². The molecule has 0 saturated heterocycles. The molecule has 6 heteroatoms. The molecular weight excluding hydrogens is 360 g/mol. The molecule has 0 spiro atoms. The summed E-state index contributed by atoms with van der Waals surface area (Å²) < 4.78 is 2.99. The Hall–Kier alpha value is -1.40. The van der Waals surface area contributed by atoms with Gasteiger partial charge in [-0.25, -0.2) is 0 Å². The summed E-state index contributed by atoms with van der Waals surface area (Å²) in [6, 6.07) is 8.78. The third kappa shape index (κ3) is 4.30. The van der Waals surface area contributed by atoms with E-state index in [1.165, 1.54) is 31.2 Å². The Morgan fingerprint density at radius 2 is 2.00 bits per heavy atom. The molecule has 116 valence electrons. The van der Waals surface area contributed by atoms with Crippen molar-refractivity contribution in [3.8, 4) is 0 Å². The Balaban J connectivity index is 1.54. The number of halogens is 1. The van der Waals surface area contributed by atoms with Crippen LogP contribution in [0.2, 0.25) is 0 Å². The van der Waals surface area contributed by atoms with E-state index in [0.29, 0.717) is 11.2 Å². The Morgan fingerprint density at radius 1 is 1.27 bits per heavy atom. The van der Waals surface area contributed by atoms with Crippen LogP contribution in [-0.4, -0.2) is 20.9 Å². The van der Waals surface area contributed by atoms with Gasteiger partial charge in [0, 0.05) is 16.7 Å². The van der Waals surface area contributed by atoms with Crippen LogP contribution < -0.4 is 10.6 Å². The van der Waals surface area contributed by atoms with Gasteiger partial charge in [0.1, 0.15) is 0 Å². The van der Waals surface area contributed by atoms with Crippen LogP contribution in [-0.2, 0) is 6.54 Å². The zero-order valence-corrected chi connectivity index (χ0v) is 14.7. The van der Waals surface area contributed by atoms with Crippen molar-refractivity contribution in [2.75, 3.05) is 5.32 Å². The molecule has 1 aromatic carbocycles. The van der Waals surface area contributed by atoms with Gasteiger partial charge >= 0.3 is 0 Å². The first kappa shape index (κ1) is 15.5. The largest absolute Gasteiger partial charge is 0.360 e. The predicted octanol–water partition coefficient (Wildman–Crippen LogP) is 3.92. The number of hydrogen-bond acceptors (Lipinski definition) is 2. The molecule has 0 aliphatic heterocycles. The molecule has 0 bridgehead atoms. The SMILES string of the molecule is S=C(Nc1cnn(Cc2ccc(Br)cc2)c1)NC1CCCC1. The van der Waals surface area contributed by atoms with Crippen LogP contribution in [0.15, 0.2) is 41.1 Å². The van der Waals surface area contributed by atoms with E-state index in [0.717, 1.165) is 16.7 Å². The zero-order chi connectivity index (χ0) is 15.4. The van der Waals surface area contributed by atoms with Crippen LogP contribution >= 0.6 is 28.1 Å². The lowest BCUT2D eigenvalue weighted by molar-refractivity contribution is 0.634. The summed E-state index contributed by atoms with van der Waals surface area (Å²) in [5.74, 6) is 0. The first-order valence-corrected chi connectivity index (χ1v) is 8.73. The van der Waals surface area contributed by atoms with Crippen molar-refractivity contribution >= 4 is 38.9 Å². The summed E-state index contributed by atoms with van der Waals surface area (Å²) in [4.78, 5) is 0. The second kappa shape index (κ2) is 7.24. The molecule has 0 amide bonds. The molecular formula is C16H19BrN4S. The van der Waals surface area contributed by atoms with E-state index in [4.69, 9.17) is 12.2 Å². The number of nitrogens with one attached hydrogen (secondary N) is 2. The van der Waals surface area contributed by atoms with Gasteiger partial charge in [0.05, 0.1) is 18.4 Å². The average Bonchev–Trinajstić information content (AvgIpc) is 3.14. The first-order chi connectivity index (χ1) is 10.7. The van der Waals surface area contributed by atoms with E-state index < -0.39 is 0 Å². The monoisotopic (exact) mass is 378 g/mol. The molecule has 1 fully saturated rings. The fourth-order valence-electron chi connectivity index (χ4n) is 2.71. The van der Waals surface area contributed by atoms with Crippen LogP contribution in [0.3, 0.4) is 0 Å². The van der Waals surface area contributed by atoms with Crippen molar-refractivity contribution < 1.29 is 0 Å². The predicted molar refractivity (Wildman–Crippen MR) is 97.1 cm³/mol. The molecule has 3 rings (SSSR count). The summed E-state index contributed by atoms with van der Waals surface area (Å²) >= 11 is 8.81. The molecule has 2 N–H and O–H groups in total. The van der Waals surface area contributed by atoms with Gasteiger partial charge in [-0.05, 0) is 42.8 Å². The van der Waals surface area contributed by atoms with Crippen LogP contribution in [0.5, 0.6) is 0 Å². The van der Waals surface area contributed by atoms with Gasteiger partial charge in [0.25, 0.3) is 0 Å². The molecule has 22 heavy (non-hydrogen) atoms. The highest BCUT2D eigenvalue weighted by Crippen LogP contribution is 2.18. The summed E-state index contributed by atoms with van der Waals surface area (Å²) in [6.07, 6.45) is 8.80. The Kier molecular flexibility index (Phi) is 5.10. The summed E-state index contributed by atoms with van der Waals surface area (Å²) in [5.41, 5.74) is 2.14. The Labute approximate surface area is 144 Å². The number of aromatic nitrogens is 2. The quantitative estimate of drug-likeness (QED) is 0.791. The first-order valence-electron chi connectivity index (χ1n) is 7.53. The van der Waals surface area contributed by atoms with Crippen LogP contribution in [0.4, 0.5) is 5.69 Å². The van der Waals surface area contributed by atoms with Crippen LogP contribution in [0.25, 0.3) is 0 Å². The van der Waals surface area contributed by atoms with Gasteiger partial charge in [0.2, 0.25) is 0 Å². The molecule has 0 unspecified atom stereocenters. The van der Waals surface area contributed by atoms with Gasteiger partial charge in [-0.1, -0.05) is 40.9 Å². The van der Waals surface area contributed by atoms with Crippen molar-refractivity contribution in [1.82, 2.24) is 15.1 Å². The highest BCUT2D eigenvalue weighted by molar-refractivity contribution is 9.10. The topological polar surface area (TPSA) is 41.9 Å². The van der Waals surface area contributed by atoms with Crippen molar-refractivity contribution in [3.63, 3.8) is 0 Å². The number of thiocarbonyl (C=S) groups is 1. The van der Waals surface area contributed by atoms with E-state index in [9.17, 15) is 0 Å². The van der Waals surface area contributed by atoms with E-state index in [-0.39, 0.29) is 0 Å². The molecule has 1 aliphatic rings. The molecule has 1 aromatic heterocycles. The minimum absolute atomic E-state index is 0.526. The molecule has 1 saturated carbocycles. The standard InChI is InChI=1S/C16H19BrN4S/c17-13-7-5-12(6-8-13)10-21-11-15(9-18-21)20-16(22)19-14-3-1-2-4-14/h5-9,11,14H,1-4,10H2,(H2,19,20,22). The second-order valence-corrected chi connectivity index (χ2v) is 6.96. The van der Waals surface area contributed by atoms with E-state index in [1.54, 1.807) is 0 Å². The lowest BCUT2D eigenvalue weighted by Gasteiger charge is -2.14. The summed E-state index contributed by atoms with van der Waals surface area (Å²) in [5, 5.41) is 11.6. The van der Waals surface area contributed by atoms with Gasteiger partial charge in [-0.2, -0.15) is 5.10 Å². The summed E-state index contributed by atoms with van der Waals surface area (Å²) in [7, 11) is 0. The lowest BCUT2D eigenvalue weighted by atomic mass is 10.2. The highest BCUT2D eigenvalue weighted by atomic mass is 79.9. The van der Waals surface area contributed by atoms with Gasteiger partial charge in [-0.15, -0.1) is 0 Å². The molecule has 1 heterocycles. The van der Waals surface area contributed by atoms with Crippen molar-refractivity contribution in [1.29, 1.82) is 0 Å². The number of rotatable bonds is 4. The maximum atomic E-state index is 5.36. The molecule has 0 radical (unpaired) electrons. The minimum Gasteiger partial charge on any atom is -0.360 e. The third-order valence-corrected chi connectivity index (χ3v) is 4.59. The van der Waals surface area contributed by atoms with Gasteiger partial charge in [0.15, 0.2) is 5.11 Å². The maximum absolute atomic E-state index is 5.36. The molecule has 1 aliphatic carbocycles. The molecule has 2 aromatic rings. The van der Waals surface area contributed by atoms with E-state index >= 15 is 0 Å². The maximum Gasteiger partial charge on any atom is 0.171 e. The average molecular weight is 379 g/mol. The number of nitrogens with zero attached hydrogens (tertiary/aromatic N) is 2. The van der Waals surface area contributed by atoms with Gasteiger partial charge in [-0.3, -0.25) is 4.68 Å². The van der Waals surface area contributed by atoms with Crippen LogP contribution in [0.1, 0.15) is 31.2 Å². The minimum atomic E-state index is 0.526. The van der Waals surface area contributed by atoms with E-state index in [1.807, 2.05) is 29.2 Å². The normalized spacial score (nSPS) is 15.0. The van der Waals surface area contributed by atoms with Crippen molar-refractivity contribution in [2.45, 2.75) is 38.3 Å². The Bertz CT molecular complexity index is 632. The Morgan fingerprint density at radius 3 is 2.73 bits per heavy atom. The smallest absolute Gasteiger partial charge is 0.171 e. The van der Waals surface area contributed by atoms with Crippen molar-refractivity contribution in [2.24, 2.45) is 0 Å². The molecule has 0 atom stereocenters. The van der Waals surface area contributed by atoms with Gasteiger partial charge < -0.3 is 10.6 Å². The molecule has 4 nitrogen and oxygen atoms in total. The van der Waals surface area contributed by atoms with Crippen molar-refractivity contribution in [3.05, 3.63) is 46.7 Å². The highest BCUT2D eigenvalue weighted by Gasteiger charge is 2.15. The third-order valence-electron chi connectivity index (χ3n) is 3.84. The zero-order valence-electron chi connectivity index (χ0n) is 12.3. The number of hydrogen-bond donors (Lipinski definition) is 2. The fraction of sp³-hybridized carbons (Fsp3) is 0.375.